The van der Waals surface area contributed by atoms with Crippen LogP contribution in [-0.2, 0) is 6.42 Å². The van der Waals surface area contributed by atoms with Crippen molar-refractivity contribution in [2.75, 3.05) is 6.54 Å². The van der Waals surface area contributed by atoms with Gasteiger partial charge < -0.3 is 10.8 Å². The van der Waals surface area contributed by atoms with E-state index in [9.17, 15) is 9.90 Å². The van der Waals surface area contributed by atoms with Crippen molar-refractivity contribution in [2.45, 2.75) is 38.8 Å². The van der Waals surface area contributed by atoms with Crippen molar-refractivity contribution in [3.05, 3.63) is 35.9 Å². The van der Waals surface area contributed by atoms with Crippen molar-refractivity contribution >= 4 is 6.09 Å². The summed E-state index contributed by atoms with van der Waals surface area (Å²) in [4.78, 5) is 12.9. The highest BCUT2D eigenvalue weighted by atomic mass is 16.4. The van der Waals surface area contributed by atoms with Crippen LogP contribution in [0.25, 0.3) is 0 Å². The molecule has 0 bridgehead atoms. The summed E-state index contributed by atoms with van der Waals surface area (Å²) in [5.41, 5.74) is 6.40. The van der Waals surface area contributed by atoms with Crippen molar-refractivity contribution in [1.82, 2.24) is 4.90 Å². The molecule has 0 radical (unpaired) electrons. The van der Waals surface area contributed by atoms with Gasteiger partial charge in [0.25, 0.3) is 0 Å². The lowest BCUT2D eigenvalue weighted by Gasteiger charge is -2.39. The van der Waals surface area contributed by atoms with E-state index in [0.29, 0.717) is 13.0 Å². The Morgan fingerprint density at radius 3 is 2.28 bits per heavy atom. The maximum atomic E-state index is 11.4. The Hall–Kier alpha value is -1.55. The summed E-state index contributed by atoms with van der Waals surface area (Å²) in [6, 6.07) is 9.62. The highest BCUT2D eigenvalue weighted by Gasteiger charge is 2.32. The van der Waals surface area contributed by atoms with E-state index in [1.165, 1.54) is 4.90 Å². The Balaban J connectivity index is 2.90. The molecule has 0 aliphatic carbocycles. The molecule has 1 aromatic carbocycles. The Morgan fingerprint density at radius 2 is 1.89 bits per heavy atom. The molecule has 0 unspecified atom stereocenters. The van der Waals surface area contributed by atoms with Gasteiger partial charge in [-0.1, -0.05) is 30.3 Å². The summed E-state index contributed by atoms with van der Waals surface area (Å²) in [5, 5.41) is 9.36. The lowest BCUT2D eigenvalue weighted by molar-refractivity contribution is 0.0724. The Morgan fingerprint density at radius 1 is 1.33 bits per heavy atom. The van der Waals surface area contributed by atoms with Crippen LogP contribution >= 0.6 is 0 Å². The molecule has 4 nitrogen and oxygen atoms in total. The Kier molecular flexibility index (Phi) is 4.73. The molecule has 100 valence electrons. The van der Waals surface area contributed by atoms with Gasteiger partial charge in [-0.2, -0.15) is 0 Å². The largest absolute Gasteiger partial charge is 0.465 e. The van der Waals surface area contributed by atoms with Crippen LogP contribution in [-0.4, -0.2) is 34.2 Å². The molecular weight excluding hydrogens is 228 g/mol. The van der Waals surface area contributed by atoms with E-state index in [0.717, 1.165) is 5.56 Å². The van der Waals surface area contributed by atoms with Crippen LogP contribution in [0.1, 0.15) is 26.3 Å². The zero-order chi connectivity index (χ0) is 13.8. The number of hydrogen-bond acceptors (Lipinski definition) is 2. The molecular formula is C14H22N2O2. The molecule has 0 aliphatic rings. The van der Waals surface area contributed by atoms with Crippen LogP contribution in [0, 0.1) is 0 Å². The van der Waals surface area contributed by atoms with Gasteiger partial charge in [0.05, 0.1) is 6.04 Å². The average Bonchev–Trinajstić information content (AvgIpc) is 2.27. The van der Waals surface area contributed by atoms with E-state index >= 15 is 0 Å². The second kappa shape index (κ2) is 5.87. The molecule has 0 fully saturated rings. The van der Waals surface area contributed by atoms with Gasteiger partial charge in [-0.25, -0.2) is 4.79 Å². The van der Waals surface area contributed by atoms with Gasteiger partial charge in [0.2, 0.25) is 0 Å². The number of carboxylic acid groups (broad SMARTS) is 1. The Bertz CT molecular complexity index is 385. The topological polar surface area (TPSA) is 66.6 Å². The molecule has 0 aliphatic heterocycles. The van der Waals surface area contributed by atoms with Crippen LogP contribution in [0.3, 0.4) is 0 Å². The third kappa shape index (κ3) is 3.74. The predicted octanol–water partition coefficient (Wildman–Crippen LogP) is 2.33. The Labute approximate surface area is 108 Å². The van der Waals surface area contributed by atoms with E-state index in [2.05, 4.69) is 0 Å². The maximum absolute atomic E-state index is 11.4. The number of nitrogens with two attached hydrogens (primary N) is 1. The average molecular weight is 250 g/mol. The molecule has 4 heteroatoms. The molecule has 0 heterocycles. The minimum absolute atomic E-state index is 0.204. The van der Waals surface area contributed by atoms with Gasteiger partial charge in [0.1, 0.15) is 0 Å². The van der Waals surface area contributed by atoms with Crippen LogP contribution in [0.5, 0.6) is 0 Å². The minimum atomic E-state index is -0.922. The van der Waals surface area contributed by atoms with E-state index in [1.54, 1.807) is 0 Å². The van der Waals surface area contributed by atoms with Crippen molar-refractivity contribution in [1.29, 1.82) is 0 Å². The third-order valence-corrected chi connectivity index (χ3v) is 2.88. The van der Waals surface area contributed by atoms with Crippen LogP contribution in [0.4, 0.5) is 4.79 Å². The first kappa shape index (κ1) is 14.5. The van der Waals surface area contributed by atoms with Gasteiger partial charge in [-0.3, -0.25) is 4.90 Å². The number of rotatable bonds is 4. The minimum Gasteiger partial charge on any atom is -0.465 e. The van der Waals surface area contributed by atoms with E-state index in [4.69, 9.17) is 5.73 Å². The van der Waals surface area contributed by atoms with Gasteiger partial charge >= 0.3 is 6.09 Å². The summed E-state index contributed by atoms with van der Waals surface area (Å²) in [6.07, 6.45) is -0.283. The zero-order valence-electron chi connectivity index (χ0n) is 11.3. The number of nitrogens with zero attached hydrogens (tertiary/aromatic N) is 1. The number of benzene rings is 1. The molecule has 0 saturated heterocycles. The highest BCUT2D eigenvalue weighted by Crippen LogP contribution is 2.19. The second-order valence-electron chi connectivity index (χ2n) is 5.40. The molecule has 3 N–H and O–H groups in total. The monoisotopic (exact) mass is 250 g/mol. The zero-order valence-corrected chi connectivity index (χ0v) is 11.3. The molecule has 0 spiro atoms. The van der Waals surface area contributed by atoms with Crippen LogP contribution < -0.4 is 5.73 Å². The maximum Gasteiger partial charge on any atom is 0.408 e. The normalized spacial score (nSPS) is 13.1. The summed E-state index contributed by atoms with van der Waals surface area (Å²) >= 11 is 0. The van der Waals surface area contributed by atoms with Crippen molar-refractivity contribution < 1.29 is 9.90 Å². The van der Waals surface area contributed by atoms with Gasteiger partial charge in [0.15, 0.2) is 0 Å². The molecule has 1 aromatic rings. The first-order chi connectivity index (χ1) is 8.36. The summed E-state index contributed by atoms with van der Waals surface area (Å²) < 4.78 is 0. The molecule has 1 amide bonds. The van der Waals surface area contributed by atoms with Gasteiger partial charge in [-0.05, 0) is 32.8 Å². The summed E-state index contributed by atoms with van der Waals surface area (Å²) in [6.45, 7) is 5.97. The predicted molar refractivity (Wildman–Crippen MR) is 72.6 cm³/mol. The third-order valence-electron chi connectivity index (χ3n) is 2.88. The van der Waals surface area contributed by atoms with Gasteiger partial charge in [0, 0.05) is 12.1 Å². The number of hydrogen-bond donors (Lipinski definition) is 2. The standard InChI is InChI=1S/C14H22N2O2/c1-14(2,3)16(13(17)18)12(10-15)9-11-7-5-4-6-8-11/h4-8,12H,9-10,15H2,1-3H3,(H,17,18)/t12-/m0/s1. The fourth-order valence-electron chi connectivity index (χ4n) is 2.16. The molecule has 1 atom stereocenters. The molecule has 18 heavy (non-hydrogen) atoms. The first-order valence-electron chi connectivity index (χ1n) is 6.12. The molecule has 1 rings (SSSR count). The first-order valence-corrected chi connectivity index (χ1v) is 6.12. The number of carbonyl (C=O) groups is 1. The van der Waals surface area contributed by atoms with Crippen molar-refractivity contribution in [2.24, 2.45) is 5.73 Å². The second-order valence-corrected chi connectivity index (χ2v) is 5.40. The molecule has 0 saturated carbocycles. The van der Waals surface area contributed by atoms with E-state index < -0.39 is 11.6 Å². The van der Waals surface area contributed by atoms with Gasteiger partial charge in [-0.15, -0.1) is 0 Å². The fourth-order valence-corrected chi connectivity index (χ4v) is 2.16. The quantitative estimate of drug-likeness (QED) is 0.862. The number of amides is 1. The highest BCUT2D eigenvalue weighted by molar-refractivity contribution is 5.66. The van der Waals surface area contributed by atoms with Crippen LogP contribution in [0.2, 0.25) is 0 Å². The van der Waals surface area contributed by atoms with Crippen molar-refractivity contribution in [3.8, 4) is 0 Å². The smallest absolute Gasteiger partial charge is 0.408 e. The lowest BCUT2D eigenvalue weighted by atomic mass is 9.98. The lowest BCUT2D eigenvalue weighted by Crippen LogP contribution is -2.54. The van der Waals surface area contributed by atoms with Crippen LogP contribution in [0.15, 0.2) is 30.3 Å². The van der Waals surface area contributed by atoms with E-state index in [-0.39, 0.29) is 6.04 Å². The van der Waals surface area contributed by atoms with E-state index in [1.807, 2.05) is 51.1 Å². The summed E-state index contributed by atoms with van der Waals surface area (Å²) in [5.74, 6) is 0. The SMILES string of the molecule is CC(C)(C)N(C(=O)O)[C@H](CN)Cc1ccccc1. The van der Waals surface area contributed by atoms with Crippen molar-refractivity contribution in [3.63, 3.8) is 0 Å². The fraction of sp³-hybridized carbons (Fsp3) is 0.500. The summed E-state index contributed by atoms with van der Waals surface area (Å²) in [7, 11) is 0. The molecule has 0 aromatic heterocycles.